The van der Waals surface area contributed by atoms with Crippen LogP contribution < -0.4 is 10.5 Å². The van der Waals surface area contributed by atoms with Crippen LogP contribution in [0.2, 0.25) is 0 Å². The molecule has 1 aliphatic heterocycles. The van der Waals surface area contributed by atoms with Gasteiger partial charge in [-0.25, -0.2) is 15.0 Å². The maximum atomic E-state index is 12.6. The molecule has 8 nitrogen and oxygen atoms in total. The SMILES string of the molecule is O=c1cc(-c2ccncc2)ncn1CC1CCN(c2ncnc3[nH]ccc23)CC1. The number of nitrogens with one attached hydrogen (secondary N) is 1. The molecule has 5 rings (SSSR count). The highest BCUT2D eigenvalue weighted by atomic mass is 16.1. The summed E-state index contributed by atoms with van der Waals surface area (Å²) in [7, 11) is 0. The van der Waals surface area contributed by atoms with E-state index in [9.17, 15) is 4.79 Å². The summed E-state index contributed by atoms with van der Waals surface area (Å²) in [4.78, 5) is 35.2. The standard InChI is InChI=1S/C21H21N7O/c29-19-11-18(16-1-6-22-7-2-16)26-14-28(19)12-15-4-9-27(10-5-15)21-17-3-8-23-20(17)24-13-25-21/h1-3,6-8,11,13-15H,4-5,9-10,12H2,(H,23,24,25). The first-order valence-corrected chi connectivity index (χ1v) is 9.78. The third kappa shape index (κ3) is 3.49. The molecule has 5 heterocycles. The minimum Gasteiger partial charge on any atom is -0.356 e. The summed E-state index contributed by atoms with van der Waals surface area (Å²) >= 11 is 0. The quantitative estimate of drug-likeness (QED) is 0.578. The van der Waals surface area contributed by atoms with Crippen LogP contribution in [0.3, 0.4) is 0 Å². The maximum absolute atomic E-state index is 12.6. The number of rotatable bonds is 4. The molecule has 1 aliphatic rings. The Labute approximate surface area is 167 Å². The minimum absolute atomic E-state index is 0.0147. The fourth-order valence-corrected chi connectivity index (χ4v) is 3.96. The van der Waals surface area contributed by atoms with Crippen LogP contribution in [0.1, 0.15) is 12.8 Å². The summed E-state index contributed by atoms with van der Waals surface area (Å²) in [5, 5.41) is 1.05. The molecule has 0 unspecified atom stereocenters. The van der Waals surface area contributed by atoms with Crippen molar-refractivity contribution >= 4 is 16.9 Å². The van der Waals surface area contributed by atoms with Crippen molar-refractivity contribution in [1.29, 1.82) is 0 Å². The van der Waals surface area contributed by atoms with Crippen molar-refractivity contribution in [1.82, 2.24) is 29.5 Å². The molecule has 29 heavy (non-hydrogen) atoms. The number of hydrogen-bond acceptors (Lipinski definition) is 6. The predicted molar refractivity (Wildman–Crippen MR) is 111 cm³/mol. The molecule has 8 heteroatoms. The summed E-state index contributed by atoms with van der Waals surface area (Å²) < 4.78 is 1.72. The number of H-pyrrole nitrogens is 1. The fraction of sp³-hybridized carbons (Fsp3) is 0.286. The first-order chi connectivity index (χ1) is 14.3. The van der Waals surface area contributed by atoms with Crippen LogP contribution in [0.15, 0.2) is 60.3 Å². The van der Waals surface area contributed by atoms with E-state index in [0.717, 1.165) is 48.3 Å². The highest BCUT2D eigenvalue weighted by molar-refractivity contribution is 5.87. The summed E-state index contributed by atoms with van der Waals surface area (Å²) in [6.07, 6.45) is 10.6. The van der Waals surface area contributed by atoms with E-state index < -0.39 is 0 Å². The van der Waals surface area contributed by atoms with Gasteiger partial charge in [0, 0.05) is 49.9 Å². The van der Waals surface area contributed by atoms with Crippen molar-refractivity contribution in [3.05, 3.63) is 65.9 Å². The second-order valence-corrected chi connectivity index (χ2v) is 7.37. The molecule has 146 valence electrons. The fourth-order valence-electron chi connectivity index (χ4n) is 3.96. The summed E-state index contributed by atoms with van der Waals surface area (Å²) in [5.74, 6) is 1.43. The Kier molecular flexibility index (Phi) is 4.51. The Bertz CT molecular complexity index is 1180. The second kappa shape index (κ2) is 7.46. The number of hydrogen-bond donors (Lipinski definition) is 1. The zero-order chi connectivity index (χ0) is 19.6. The van der Waals surface area contributed by atoms with Gasteiger partial charge in [0.15, 0.2) is 0 Å². The Morgan fingerprint density at radius 2 is 1.90 bits per heavy atom. The average Bonchev–Trinajstić information content (AvgIpc) is 3.25. The third-order valence-electron chi connectivity index (χ3n) is 5.56. The van der Waals surface area contributed by atoms with Crippen LogP contribution >= 0.6 is 0 Å². The number of pyridine rings is 1. The zero-order valence-electron chi connectivity index (χ0n) is 15.9. The van der Waals surface area contributed by atoms with Crippen LogP contribution in [0.4, 0.5) is 5.82 Å². The molecule has 0 radical (unpaired) electrons. The molecule has 0 atom stereocenters. The number of anilines is 1. The summed E-state index contributed by atoms with van der Waals surface area (Å²) in [6, 6.07) is 7.34. The molecule has 0 saturated carbocycles. The summed E-state index contributed by atoms with van der Waals surface area (Å²) in [6.45, 7) is 2.53. The van der Waals surface area contributed by atoms with Crippen molar-refractivity contribution in [3.63, 3.8) is 0 Å². The van der Waals surface area contributed by atoms with E-state index in [0.29, 0.717) is 18.2 Å². The Morgan fingerprint density at radius 3 is 2.69 bits per heavy atom. The topological polar surface area (TPSA) is 92.6 Å². The molecule has 1 saturated heterocycles. The van der Waals surface area contributed by atoms with Crippen molar-refractivity contribution in [2.24, 2.45) is 5.92 Å². The smallest absolute Gasteiger partial charge is 0.253 e. The Balaban J connectivity index is 1.26. The first kappa shape index (κ1) is 17.5. The van der Waals surface area contributed by atoms with E-state index in [1.54, 1.807) is 35.7 Å². The number of nitrogens with zero attached hydrogens (tertiary/aromatic N) is 6. The number of fused-ring (bicyclic) bond motifs is 1. The minimum atomic E-state index is -0.0147. The lowest BCUT2D eigenvalue weighted by Gasteiger charge is -2.33. The van der Waals surface area contributed by atoms with Crippen molar-refractivity contribution < 1.29 is 0 Å². The molecule has 4 aromatic rings. The zero-order valence-corrected chi connectivity index (χ0v) is 15.9. The predicted octanol–water partition coefficient (Wildman–Crippen LogP) is 2.49. The van der Waals surface area contributed by atoms with Crippen molar-refractivity contribution in [2.75, 3.05) is 18.0 Å². The van der Waals surface area contributed by atoms with Crippen LogP contribution in [0, 0.1) is 5.92 Å². The van der Waals surface area contributed by atoms with E-state index in [4.69, 9.17) is 0 Å². The van der Waals surface area contributed by atoms with Crippen LogP contribution in [-0.4, -0.2) is 42.6 Å². The van der Waals surface area contributed by atoms with Gasteiger partial charge >= 0.3 is 0 Å². The Morgan fingerprint density at radius 1 is 1.07 bits per heavy atom. The second-order valence-electron chi connectivity index (χ2n) is 7.37. The van der Waals surface area contributed by atoms with E-state index >= 15 is 0 Å². The monoisotopic (exact) mass is 387 g/mol. The normalized spacial score (nSPS) is 15.1. The first-order valence-electron chi connectivity index (χ1n) is 9.78. The lowest BCUT2D eigenvalue weighted by molar-refractivity contribution is 0.350. The molecule has 1 N–H and O–H groups in total. The Hall–Kier alpha value is -3.55. The van der Waals surface area contributed by atoms with E-state index in [1.807, 2.05) is 24.4 Å². The lowest BCUT2D eigenvalue weighted by atomic mass is 9.96. The molecule has 0 spiro atoms. The highest BCUT2D eigenvalue weighted by Crippen LogP contribution is 2.27. The molecule has 4 aromatic heterocycles. The van der Waals surface area contributed by atoms with Crippen LogP contribution in [0.25, 0.3) is 22.3 Å². The van der Waals surface area contributed by atoms with Gasteiger partial charge in [0.05, 0.1) is 17.4 Å². The summed E-state index contributed by atoms with van der Waals surface area (Å²) in [5.41, 5.74) is 2.43. The van der Waals surface area contributed by atoms with Gasteiger partial charge < -0.3 is 9.88 Å². The van der Waals surface area contributed by atoms with Crippen molar-refractivity contribution in [2.45, 2.75) is 19.4 Å². The largest absolute Gasteiger partial charge is 0.356 e. The van der Waals surface area contributed by atoms with E-state index in [2.05, 4.69) is 29.8 Å². The van der Waals surface area contributed by atoms with Gasteiger partial charge in [-0.15, -0.1) is 0 Å². The van der Waals surface area contributed by atoms with Gasteiger partial charge in [-0.05, 0) is 37.0 Å². The number of aromatic amines is 1. The molecule has 0 amide bonds. The third-order valence-corrected chi connectivity index (χ3v) is 5.56. The number of piperidine rings is 1. The average molecular weight is 387 g/mol. The van der Waals surface area contributed by atoms with Gasteiger partial charge in [-0.2, -0.15) is 0 Å². The van der Waals surface area contributed by atoms with Gasteiger partial charge in [-0.1, -0.05) is 0 Å². The van der Waals surface area contributed by atoms with Gasteiger partial charge in [0.2, 0.25) is 0 Å². The van der Waals surface area contributed by atoms with Crippen LogP contribution in [-0.2, 0) is 6.54 Å². The molecule has 1 fully saturated rings. The lowest BCUT2D eigenvalue weighted by Crippen LogP contribution is -2.36. The molecule has 0 aromatic carbocycles. The van der Waals surface area contributed by atoms with Crippen LogP contribution in [0.5, 0.6) is 0 Å². The molecular weight excluding hydrogens is 366 g/mol. The number of aromatic nitrogens is 6. The van der Waals surface area contributed by atoms with Crippen molar-refractivity contribution in [3.8, 4) is 11.3 Å². The molecular formula is C21H21N7O. The maximum Gasteiger partial charge on any atom is 0.253 e. The molecule has 0 aliphatic carbocycles. The van der Waals surface area contributed by atoms with Gasteiger partial charge in [0.1, 0.15) is 17.8 Å². The van der Waals surface area contributed by atoms with E-state index in [1.165, 1.54) is 0 Å². The van der Waals surface area contributed by atoms with Gasteiger partial charge in [0.25, 0.3) is 5.56 Å². The van der Waals surface area contributed by atoms with Gasteiger partial charge in [-0.3, -0.25) is 14.3 Å². The van der Waals surface area contributed by atoms with E-state index in [-0.39, 0.29) is 5.56 Å². The molecule has 0 bridgehead atoms. The highest BCUT2D eigenvalue weighted by Gasteiger charge is 2.22.